The molecule has 1 amide bonds. The number of halogens is 1. The van der Waals surface area contributed by atoms with E-state index in [1.54, 1.807) is 12.1 Å². The topological polar surface area (TPSA) is 36.4 Å². The molecule has 2 rings (SSSR count). The van der Waals surface area contributed by atoms with Crippen molar-refractivity contribution in [3.05, 3.63) is 28.5 Å². The summed E-state index contributed by atoms with van der Waals surface area (Å²) in [5.74, 6) is 0.0357. The second kappa shape index (κ2) is 5.10. The predicted octanol–water partition coefficient (Wildman–Crippen LogP) is 2.21. The third-order valence-corrected chi connectivity index (χ3v) is 3.97. The number of carbonyl (C=O) groups is 1. The molecule has 0 bridgehead atoms. The van der Waals surface area contributed by atoms with Gasteiger partial charge in [0.15, 0.2) is 0 Å². The van der Waals surface area contributed by atoms with Gasteiger partial charge in [0.2, 0.25) is 0 Å². The van der Waals surface area contributed by atoms with E-state index in [4.69, 9.17) is 11.6 Å². The van der Waals surface area contributed by atoms with Crippen LogP contribution in [0.15, 0.2) is 12.1 Å². The third-order valence-electron chi connectivity index (χ3n) is 3.77. The highest BCUT2D eigenvalue weighted by Gasteiger charge is 2.33. The van der Waals surface area contributed by atoms with Crippen molar-refractivity contribution in [2.24, 2.45) is 0 Å². The van der Waals surface area contributed by atoms with Crippen LogP contribution >= 0.6 is 11.6 Å². The zero-order chi connectivity index (χ0) is 14.2. The van der Waals surface area contributed by atoms with Gasteiger partial charge >= 0.3 is 0 Å². The molecule has 0 unspecified atom stereocenters. The van der Waals surface area contributed by atoms with Gasteiger partial charge in [-0.3, -0.25) is 9.69 Å². The van der Waals surface area contributed by atoms with Crippen LogP contribution in [0.2, 0.25) is 5.15 Å². The molecular weight excluding hydrogens is 262 g/mol. The van der Waals surface area contributed by atoms with E-state index >= 15 is 0 Å². The molecule has 5 heteroatoms. The summed E-state index contributed by atoms with van der Waals surface area (Å²) in [4.78, 5) is 20.8. The molecule has 0 aliphatic carbocycles. The van der Waals surface area contributed by atoms with E-state index in [1.165, 1.54) is 0 Å². The third kappa shape index (κ3) is 3.07. The van der Waals surface area contributed by atoms with Crippen LogP contribution in [0.3, 0.4) is 0 Å². The van der Waals surface area contributed by atoms with Crippen LogP contribution in [0.25, 0.3) is 0 Å². The molecule has 1 saturated heterocycles. The molecule has 19 heavy (non-hydrogen) atoms. The van der Waals surface area contributed by atoms with E-state index in [2.05, 4.69) is 30.8 Å². The van der Waals surface area contributed by atoms with Crippen LogP contribution in [0, 0.1) is 6.92 Å². The van der Waals surface area contributed by atoms with Crippen molar-refractivity contribution in [1.29, 1.82) is 0 Å². The van der Waals surface area contributed by atoms with Gasteiger partial charge in [0.05, 0.1) is 0 Å². The second-order valence-corrected chi connectivity index (χ2v) is 6.17. The van der Waals surface area contributed by atoms with Gasteiger partial charge in [-0.2, -0.15) is 0 Å². The molecule has 1 fully saturated rings. The van der Waals surface area contributed by atoms with Crippen molar-refractivity contribution >= 4 is 17.5 Å². The van der Waals surface area contributed by atoms with E-state index in [1.807, 2.05) is 11.8 Å². The highest BCUT2D eigenvalue weighted by Crippen LogP contribution is 2.21. The number of pyridine rings is 1. The summed E-state index contributed by atoms with van der Waals surface area (Å²) < 4.78 is 0. The predicted molar refractivity (Wildman–Crippen MR) is 76.6 cm³/mol. The Balaban J connectivity index is 2.20. The Labute approximate surface area is 119 Å². The molecule has 1 aromatic rings. The van der Waals surface area contributed by atoms with E-state index < -0.39 is 0 Å². The van der Waals surface area contributed by atoms with Crippen molar-refractivity contribution in [3.63, 3.8) is 0 Å². The maximum Gasteiger partial charge on any atom is 0.254 e. The van der Waals surface area contributed by atoms with Crippen LogP contribution in [0.5, 0.6) is 0 Å². The number of amides is 1. The average molecular weight is 282 g/mol. The molecule has 0 aromatic carbocycles. The summed E-state index contributed by atoms with van der Waals surface area (Å²) in [6, 6.07) is 3.43. The maximum absolute atomic E-state index is 12.5. The minimum absolute atomic E-state index is 0.000219. The standard InChI is InChI=1S/C14H20ClN3O/c1-10-7-11(8-12(15)16-10)13(19)18-6-5-17(4)14(2,3)9-18/h7-8H,5-6,9H2,1-4H3. The first-order valence-corrected chi connectivity index (χ1v) is 6.82. The molecule has 0 N–H and O–H groups in total. The molecule has 4 nitrogen and oxygen atoms in total. The number of aryl methyl sites for hydroxylation is 1. The fraction of sp³-hybridized carbons (Fsp3) is 0.571. The van der Waals surface area contributed by atoms with Crippen molar-refractivity contribution in [2.75, 3.05) is 26.7 Å². The van der Waals surface area contributed by atoms with Crippen LogP contribution in [0.4, 0.5) is 0 Å². The van der Waals surface area contributed by atoms with Crippen molar-refractivity contribution in [3.8, 4) is 0 Å². The first-order chi connectivity index (χ1) is 8.79. The minimum atomic E-state index is -0.000219. The monoisotopic (exact) mass is 281 g/mol. The molecule has 0 spiro atoms. The molecule has 1 aromatic heterocycles. The molecule has 104 valence electrons. The van der Waals surface area contributed by atoms with E-state index in [9.17, 15) is 4.79 Å². The Morgan fingerprint density at radius 1 is 1.37 bits per heavy atom. The lowest BCUT2D eigenvalue weighted by molar-refractivity contribution is 0.0311. The Hall–Kier alpha value is -1.13. The molecule has 1 aliphatic rings. The zero-order valence-corrected chi connectivity index (χ0v) is 12.7. The SMILES string of the molecule is Cc1cc(C(=O)N2CCN(C)C(C)(C)C2)cc(Cl)n1. The van der Waals surface area contributed by atoms with Gasteiger partial charge in [-0.1, -0.05) is 11.6 Å². The van der Waals surface area contributed by atoms with Gasteiger partial charge in [0.1, 0.15) is 5.15 Å². The first-order valence-electron chi connectivity index (χ1n) is 6.44. The lowest BCUT2D eigenvalue weighted by atomic mass is 9.99. The van der Waals surface area contributed by atoms with Crippen molar-refractivity contribution < 1.29 is 4.79 Å². The minimum Gasteiger partial charge on any atom is -0.336 e. The molecule has 1 aliphatic heterocycles. The molecule has 0 atom stereocenters. The van der Waals surface area contributed by atoms with Crippen molar-refractivity contribution in [1.82, 2.24) is 14.8 Å². The summed E-state index contributed by atoms with van der Waals surface area (Å²) in [5, 5.41) is 0.372. The maximum atomic E-state index is 12.5. The number of rotatable bonds is 1. The quantitative estimate of drug-likeness (QED) is 0.741. The van der Waals surface area contributed by atoms with Gasteiger partial charge in [0.25, 0.3) is 5.91 Å². The van der Waals surface area contributed by atoms with E-state index in [0.29, 0.717) is 10.7 Å². The first kappa shape index (κ1) is 14.3. The Morgan fingerprint density at radius 3 is 2.63 bits per heavy atom. The lowest BCUT2D eigenvalue weighted by Crippen LogP contribution is -2.58. The van der Waals surface area contributed by atoms with E-state index in [-0.39, 0.29) is 11.4 Å². The Kier molecular flexibility index (Phi) is 3.83. The smallest absolute Gasteiger partial charge is 0.254 e. The summed E-state index contributed by atoms with van der Waals surface area (Å²) >= 11 is 5.92. The summed E-state index contributed by atoms with van der Waals surface area (Å²) in [5.41, 5.74) is 1.39. The van der Waals surface area contributed by atoms with Crippen LogP contribution in [-0.4, -0.2) is 52.9 Å². The van der Waals surface area contributed by atoms with Crippen LogP contribution in [-0.2, 0) is 0 Å². The second-order valence-electron chi connectivity index (χ2n) is 5.78. The van der Waals surface area contributed by atoms with Crippen molar-refractivity contribution in [2.45, 2.75) is 26.3 Å². The molecule has 0 saturated carbocycles. The number of piperazine rings is 1. The fourth-order valence-electron chi connectivity index (χ4n) is 2.35. The van der Waals surface area contributed by atoms with Gasteiger partial charge in [-0.05, 0) is 40.0 Å². The molecular formula is C14H20ClN3O. The Bertz CT molecular complexity index is 481. The van der Waals surface area contributed by atoms with Gasteiger partial charge in [0, 0.05) is 36.4 Å². The van der Waals surface area contributed by atoms with Crippen LogP contribution < -0.4 is 0 Å². The summed E-state index contributed by atoms with van der Waals surface area (Å²) in [7, 11) is 2.09. The van der Waals surface area contributed by atoms with E-state index in [0.717, 1.165) is 25.3 Å². The number of carbonyl (C=O) groups excluding carboxylic acids is 1. The number of aromatic nitrogens is 1. The number of hydrogen-bond donors (Lipinski definition) is 0. The molecule has 0 radical (unpaired) electrons. The number of hydrogen-bond acceptors (Lipinski definition) is 3. The average Bonchev–Trinajstić information content (AvgIpc) is 2.30. The number of nitrogens with zero attached hydrogens (tertiary/aromatic N) is 3. The Morgan fingerprint density at radius 2 is 2.05 bits per heavy atom. The van der Waals surface area contributed by atoms with Gasteiger partial charge < -0.3 is 4.90 Å². The summed E-state index contributed by atoms with van der Waals surface area (Å²) in [6.07, 6.45) is 0. The van der Waals surface area contributed by atoms with Crippen LogP contribution in [0.1, 0.15) is 29.9 Å². The number of likely N-dealkylation sites (N-methyl/N-ethyl adjacent to an activating group) is 1. The zero-order valence-electron chi connectivity index (χ0n) is 11.9. The highest BCUT2D eigenvalue weighted by atomic mass is 35.5. The van der Waals surface area contributed by atoms with Gasteiger partial charge in [-0.25, -0.2) is 4.98 Å². The normalized spacial score (nSPS) is 19.5. The highest BCUT2D eigenvalue weighted by molar-refractivity contribution is 6.29. The lowest BCUT2D eigenvalue weighted by Gasteiger charge is -2.45. The molecule has 2 heterocycles. The summed E-state index contributed by atoms with van der Waals surface area (Å²) in [6.45, 7) is 8.50. The van der Waals surface area contributed by atoms with Gasteiger partial charge in [-0.15, -0.1) is 0 Å². The fourth-order valence-corrected chi connectivity index (χ4v) is 2.60. The largest absolute Gasteiger partial charge is 0.336 e.